The Morgan fingerprint density at radius 2 is 1.79 bits per heavy atom. The van der Waals surface area contributed by atoms with E-state index in [1.807, 2.05) is 38.1 Å². The summed E-state index contributed by atoms with van der Waals surface area (Å²) in [6.45, 7) is 3.91. The number of hydrogen-bond acceptors (Lipinski definition) is 4. The average Bonchev–Trinajstić information content (AvgIpc) is 2.53. The summed E-state index contributed by atoms with van der Waals surface area (Å²) in [5.74, 6) is 1.34. The van der Waals surface area contributed by atoms with Crippen molar-refractivity contribution in [2.75, 3.05) is 7.11 Å². The quantitative estimate of drug-likeness (QED) is 0.922. The zero-order chi connectivity index (χ0) is 17.4. The van der Waals surface area contributed by atoms with Crippen LogP contribution in [0.2, 0.25) is 0 Å². The summed E-state index contributed by atoms with van der Waals surface area (Å²) in [7, 11) is -2.09. The fourth-order valence-electron chi connectivity index (χ4n) is 2.92. The Labute approximate surface area is 142 Å². The van der Waals surface area contributed by atoms with Crippen LogP contribution in [-0.4, -0.2) is 21.1 Å². The van der Waals surface area contributed by atoms with Crippen LogP contribution in [0.4, 0.5) is 0 Å². The molecule has 2 aromatic carbocycles. The summed E-state index contributed by atoms with van der Waals surface area (Å²) in [6.07, 6.45) is 0.555. The normalized spacial score (nSPS) is 19.2. The van der Waals surface area contributed by atoms with Gasteiger partial charge in [0.2, 0.25) is 10.0 Å². The van der Waals surface area contributed by atoms with E-state index in [1.165, 1.54) is 12.1 Å². The molecule has 2 aromatic rings. The van der Waals surface area contributed by atoms with Crippen LogP contribution in [0.15, 0.2) is 53.4 Å². The van der Waals surface area contributed by atoms with E-state index in [2.05, 4.69) is 4.72 Å². The number of methoxy groups -OCH3 is 1. The van der Waals surface area contributed by atoms with Crippen LogP contribution < -0.4 is 14.2 Å². The van der Waals surface area contributed by atoms with Gasteiger partial charge in [-0.2, -0.15) is 0 Å². The predicted molar refractivity (Wildman–Crippen MR) is 91.8 cm³/mol. The molecule has 0 spiro atoms. The number of ether oxygens (including phenoxy) is 2. The Balaban J connectivity index is 1.91. The van der Waals surface area contributed by atoms with Crippen molar-refractivity contribution in [3.63, 3.8) is 0 Å². The van der Waals surface area contributed by atoms with E-state index in [9.17, 15) is 8.42 Å². The molecule has 1 N–H and O–H groups in total. The van der Waals surface area contributed by atoms with E-state index in [0.29, 0.717) is 12.2 Å². The average molecular weight is 347 g/mol. The molecule has 0 fully saturated rings. The van der Waals surface area contributed by atoms with Gasteiger partial charge in [0.05, 0.1) is 18.0 Å². The minimum Gasteiger partial charge on any atom is -0.497 e. The molecule has 1 aliphatic heterocycles. The minimum absolute atomic E-state index is 0.213. The molecule has 0 saturated heterocycles. The molecular weight excluding hydrogens is 326 g/mol. The van der Waals surface area contributed by atoms with Crippen LogP contribution in [0.3, 0.4) is 0 Å². The number of para-hydroxylation sites is 1. The van der Waals surface area contributed by atoms with Crippen molar-refractivity contribution < 1.29 is 17.9 Å². The van der Waals surface area contributed by atoms with Crippen molar-refractivity contribution in [3.05, 3.63) is 54.1 Å². The first-order chi connectivity index (χ1) is 11.3. The highest BCUT2D eigenvalue weighted by Gasteiger charge is 2.35. The molecule has 6 heteroatoms. The second kappa shape index (κ2) is 6.11. The SMILES string of the molecule is COc1ccc(S(=O)(=O)NC2CC(C)(C)Oc3ccccc32)cc1. The molecule has 0 saturated carbocycles. The monoisotopic (exact) mass is 347 g/mol. The fraction of sp³-hybridized carbons (Fsp3) is 0.333. The third-order valence-electron chi connectivity index (χ3n) is 4.04. The van der Waals surface area contributed by atoms with Gasteiger partial charge >= 0.3 is 0 Å². The Bertz CT molecular complexity index is 828. The number of rotatable bonds is 4. The highest BCUT2D eigenvalue weighted by molar-refractivity contribution is 7.89. The van der Waals surface area contributed by atoms with Gasteiger partial charge in [-0.3, -0.25) is 0 Å². The zero-order valence-corrected chi connectivity index (χ0v) is 14.8. The maximum Gasteiger partial charge on any atom is 0.241 e. The fourth-order valence-corrected chi connectivity index (χ4v) is 4.13. The van der Waals surface area contributed by atoms with Crippen molar-refractivity contribution in [2.24, 2.45) is 0 Å². The van der Waals surface area contributed by atoms with Crippen molar-refractivity contribution >= 4 is 10.0 Å². The maximum absolute atomic E-state index is 12.7. The molecule has 1 unspecified atom stereocenters. The molecular formula is C18H21NO4S. The van der Waals surface area contributed by atoms with E-state index < -0.39 is 15.6 Å². The van der Waals surface area contributed by atoms with Gasteiger partial charge in [0, 0.05) is 12.0 Å². The molecule has 0 bridgehead atoms. The van der Waals surface area contributed by atoms with Crippen molar-refractivity contribution in [2.45, 2.75) is 36.8 Å². The van der Waals surface area contributed by atoms with Crippen LogP contribution in [0.1, 0.15) is 31.9 Å². The predicted octanol–water partition coefficient (Wildman–Crippen LogP) is 3.28. The van der Waals surface area contributed by atoms with E-state index in [-0.39, 0.29) is 10.9 Å². The first-order valence-corrected chi connectivity index (χ1v) is 9.23. The summed E-state index contributed by atoms with van der Waals surface area (Å²) in [5.41, 5.74) is 0.412. The molecule has 5 nitrogen and oxygen atoms in total. The molecule has 128 valence electrons. The number of fused-ring (bicyclic) bond motifs is 1. The second-order valence-electron chi connectivity index (χ2n) is 6.45. The van der Waals surface area contributed by atoms with Gasteiger partial charge in [0.25, 0.3) is 0 Å². The molecule has 0 aliphatic carbocycles. The van der Waals surface area contributed by atoms with Crippen LogP contribution >= 0.6 is 0 Å². The van der Waals surface area contributed by atoms with Gasteiger partial charge in [-0.1, -0.05) is 18.2 Å². The van der Waals surface area contributed by atoms with Crippen LogP contribution in [0.25, 0.3) is 0 Å². The van der Waals surface area contributed by atoms with Crippen molar-refractivity contribution in [1.29, 1.82) is 0 Å². The lowest BCUT2D eigenvalue weighted by molar-refractivity contribution is 0.0702. The van der Waals surface area contributed by atoms with Gasteiger partial charge < -0.3 is 9.47 Å². The first kappa shape index (κ1) is 16.8. The molecule has 1 aliphatic rings. The standard InChI is InChI=1S/C18H21NO4S/c1-18(2)12-16(15-6-4-5-7-17(15)23-18)19-24(20,21)14-10-8-13(22-3)9-11-14/h4-11,16,19H,12H2,1-3H3. The Hall–Kier alpha value is -2.05. The Morgan fingerprint density at radius 3 is 2.46 bits per heavy atom. The topological polar surface area (TPSA) is 64.6 Å². The third-order valence-corrected chi connectivity index (χ3v) is 5.53. The van der Waals surface area contributed by atoms with Gasteiger partial charge in [0.1, 0.15) is 17.1 Å². The Morgan fingerprint density at radius 1 is 1.12 bits per heavy atom. The number of sulfonamides is 1. The van der Waals surface area contributed by atoms with E-state index in [1.54, 1.807) is 19.2 Å². The van der Waals surface area contributed by atoms with Crippen LogP contribution in [-0.2, 0) is 10.0 Å². The Kier molecular flexibility index (Phi) is 4.27. The zero-order valence-electron chi connectivity index (χ0n) is 13.9. The van der Waals surface area contributed by atoms with E-state index >= 15 is 0 Å². The van der Waals surface area contributed by atoms with Crippen LogP contribution in [0.5, 0.6) is 11.5 Å². The molecule has 0 radical (unpaired) electrons. The second-order valence-corrected chi connectivity index (χ2v) is 8.17. The summed E-state index contributed by atoms with van der Waals surface area (Å²) < 4.78 is 39.3. The number of nitrogens with one attached hydrogen (secondary N) is 1. The summed E-state index contributed by atoms with van der Waals surface area (Å²) in [4.78, 5) is 0.213. The number of benzene rings is 2. The molecule has 1 heterocycles. The molecule has 3 rings (SSSR count). The van der Waals surface area contributed by atoms with Gasteiger partial charge in [-0.15, -0.1) is 0 Å². The summed E-state index contributed by atoms with van der Waals surface area (Å²) in [5, 5.41) is 0. The summed E-state index contributed by atoms with van der Waals surface area (Å²) >= 11 is 0. The molecule has 24 heavy (non-hydrogen) atoms. The minimum atomic E-state index is -3.64. The van der Waals surface area contributed by atoms with Crippen molar-refractivity contribution in [1.82, 2.24) is 4.72 Å². The van der Waals surface area contributed by atoms with E-state index in [4.69, 9.17) is 9.47 Å². The van der Waals surface area contributed by atoms with Gasteiger partial charge in [-0.05, 0) is 44.2 Å². The van der Waals surface area contributed by atoms with Gasteiger partial charge in [0.15, 0.2) is 0 Å². The lowest BCUT2D eigenvalue weighted by atomic mass is 9.90. The van der Waals surface area contributed by atoms with Gasteiger partial charge in [-0.25, -0.2) is 13.1 Å². The van der Waals surface area contributed by atoms with Crippen LogP contribution in [0, 0.1) is 0 Å². The third kappa shape index (κ3) is 3.39. The molecule has 0 aromatic heterocycles. The highest BCUT2D eigenvalue weighted by Crippen LogP contribution is 2.39. The van der Waals surface area contributed by atoms with E-state index in [0.717, 1.165) is 11.3 Å². The highest BCUT2D eigenvalue weighted by atomic mass is 32.2. The molecule has 1 atom stereocenters. The first-order valence-electron chi connectivity index (χ1n) is 7.75. The lowest BCUT2D eigenvalue weighted by Gasteiger charge is -2.37. The largest absolute Gasteiger partial charge is 0.497 e. The van der Waals surface area contributed by atoms with Crippen molar-refractivity contribution in [3.8, 4) is 11.5 Å². The number of hydrogen-bond donors (Lipinski definition) is 1. The summed E-state index contributed by atoms with van der Waals surface area (Å²) in [6, 6.07) is 13.5. The smallest absolute Gasteiger partial charge is 0.241 e. The molecule has 0 amide bonds. The lowest BCUT2D eigenvalue weighted by Crippen LogP contribution is -2.41. The maximum atomic E-state index is 12.7.